The van der Waals surface area contributed by atoms with Crippen molar-refractivity contribution in [2.75, 3.05) is 20.2 Å². The molecule has 0 spiro atoms. The molecule has 0 aliphatic carbocycles. The van der Waals surface area contributed by atoms with Gasteiger partial charge in [-0.3, -0.25) is 14.9 Å². The van der Waals surface area contributed by atoms with Gasteiger partial charge in [-0.1, -0.05) is 12.1 Å². The van der Waals surface area contributed by atoms with Gasteiger partial charge in [-0.05, 0) is 24.3 Å². The summed E-state index contributed by atoms with van der Waals surface area (Å²) < 4.78 is 20.1. The lowest BCUT2D eigenvalue weighted by atomic mass is 10.1. The number of carbonyl (C=O) groups is 1. The Balaban J connectivity index is 1.70. The number of halogens is 1. The van der Waals surface area contributed by atoms with Crippen molar-refractivity contribution in [2.24, 2.45) is 0 Å². The minimum atomic E-state index is -0.588. The first-order valence-corrected chi connectivity index (χ1v) is 8.23. The Morgan fingerprint density at radius 1 is 1.32 bits per heavy atom. The van der Waals surface area contributed by atoms with Crippen LogP contribution in [0.25, 0.3) is 5.69 Å². The van der Waals surface area contributed by atoms with Crippen LogP contribution in [0.3, 0.4) is 0 Å². The van der Waals surface area contributed by atoms with E-state index in [9.17, 15) is 19.3 Å². The number of ether oxygens (including phenoxy) is 1. The van der Waals surface area contributed by atoms with E-state index in [0.717, 1.165) is 0 Å². The van der Waals surface area contributed by atoms with Crippen molar-refractivity contribution in [1.82, 2.24) is 19.7 Å². The number of likely N-dealkylation sites (N-methyl/N-ethyl adjacent to an activating group) is 1. The Kier molecular flexibility index (Phi) is 5.58. The summed E-state index contributed by atoms with van der Waals surface area (Å²) in [6.07, 6.45) is 2.59. The van der Waals surface area contributed by atoms with E-state index < -0.39 is 16.6 Å². The number of hydrogen-bond acceptors (Lipinski definition) is 6. The summed E-state index contributed by atoms with van der Waals surface area (Å²) in [5.74, 6) is -0.822. The Morgan fingerprint density at radius 3 is 2.79 bits per heavy atom. The zero-order valence-electron chi connectivity index (χ0n) is 14.9. The van der Waals surface area contributed by atoms with E-state index >= 15 is 0 Å². The van der Waals surface area contributed by atoms with Crippen LogP contribution in [0.1, 0.15) is 10.4 Å². The molecule has 0 unspecified atom stereocenters. The van der Waals surface area contributed by atoms with E-state index in [1.807, 2.05) is 0 Å². The van der Waals surface area contributed by atoms with E-state index in [2.05, 4.69) is 10.1 Å². The molecule has 1 aromatic heterocycles. The number of aromatic nitrogens is 3. The van der Waals surface area contributed by atoms with Gasteiger partial charge in [0.05, 0.1) is 11.5 Å². The summed E-state index contributed by atoms with van der Waals surface area (Å²) in [6.45, 7) is 0.244. The second-order valence-corrected chi connectivity index (χ2v) is 5.81. The van der Waals surface area contributed by atoms with Crippen molar-refractivity contribution in [2.45, 2.75) is 0 Å². The first-order chi connectivity index (χ1) is 13.5. The van der Waals surface area contributed by atoms with Crippen LogP contribution in [0.2, 0.25) is 0 Å². The molecule has 3 rings (SSSR count). The first kappa shape index (κ1) is 19.0. The molecule has 0 aliphatic rings. The number of benzene rings is 2. The average molecular weight is 385 g/mol. The fourth-order valence-corrected chi connectivity index (χ4v) is 2.51. The molecule has 0 saturated heterocycles. The van der Waals surface area contributed by atoms with Crippen LogP contribution in [0.4, 0.5) is 10.1 Å². The quantitative estimate of drug-likeness (QED) is 0.457. The van der Waals surface area contributed by atoms with Crippen LogP contribution in [-0.2, 0) is 0 Å². The minimum absolute atomic E-state index is 0.0717. The van der Waals surface area contributed by atoms with Gasteiger partial charge < -0.3 is 9.64 Å². The van der Waals surface area contributed by atoms with Gasteiger partial charge in [0, 0.05) is 18.7 Å². The number of para-hydroxylation sites is 1. The highest BCUT2D eigenvalue weighted by atomic mass is 19.1. The predicted molar refractivity (Wildman–Crippen MR) is 96.9 cm³/mol. The van der Waals surface area contributed by atoms with Gasteiger partial charge in [-0.25, -0.2) is 14.1 Å². The normalized spacial score (nSPS) is 10.5. The molecule has 10 heteroatoms. The van der Waals surface area contributed by atoms with E-state index in [1.165, 1.54) is 59.6 Å². The number of nitro benzene ring substituents is 1. The largest absolute Gasteiger partial charge is 0.489 e. The standard InChI is InChI=1S/C18H16FN5O4/c1-22(8-9-28-17-5-3-2-4-14(17)19)18(25)13-6-7-15(16(10-13)24(26)27)23-12-20-11-21-23/h2-7,10-12H,8-9H2,1H3. The number of amides is 1. The van der Waals surface area contributed by atoms with Crippen molar-refractivity contribution in [3.05, 3.63) is 76.6 Å². The summed E-state index contributed by atoms with van der Waals surface area (Å²) in [4.78, 5) is 28.5. The Labute approximate surface area is 159 Å². The van der Waals surface area contributed by atoms with E-state index in [-0.39, 0.29) is 35.8 Å². The smallest absolute Gasteiger partial charge is 0.295 e. The summed E-state index contributed by atoms with van der Waals surface area (Å²) in [5, 5.41) is 15.3. The minimum Gasteiger partial charge on any atom is -0.489 e. The molecule has 0 fully saturated rings. The molecule has 0 saturated carbocycles. The summed E-state index contributed by atoms with van der Waals surface area (Å²) >= 11 is 0. The van der Waals surface area contributed by atoms with Crippen molar-refractivity contribution in [3.8, 4) is 11.4 Å². The van der Waals surface area contributed by atoms with E-state index in [4.69, 9.17) is 4.74 Å². The van der Waals surface area contributed by atoms with E-state index in [0.29, 0.717) is 0 Å². The lowest BCUT2D eigenvalue weighted by Crippen LogP contribution is -2.31. The van der Waals surface area contributed by atoms with Gasteiger partial charge in [0.15, 0.2) is 11.6 Å². The van der Waals surface area contributed by atoms with Crippen molar-refractivity contribution in [1.29, 1.82) is 0 Å². The summed E-state index contributed by atoms with van der Waals surface area (Å²) in [6, 6.07) is 10.1. The molecular formula is C18H16FN5O4. The second kappa shape index (κ2) is 8.25. The molecule has 1 amide bonds. The number of hydrogen-bond donors (Lipinski definition) is 0. The molecule has 0 bridgehead atoms. The molecule has 144 valence electrons. The molecule has 3 aromatic rings. The van der Waals surface area contributed by atoms with Crippen molar-refractivity contribution in [3.63, 3.8) is 0 Å². The molecule has 2 aromatic carbocycles. The van der Waals surface area contributed by atoms with Crippen LogP contribution in [0.15, 0.2) is 55.1 Å². The van der Waals surface area contributed by atoms with Gasteiger partial charge in [0.25, 0.3) is 11.6 Å². The third-order valence-electron chi connectivity index (χ3n) is 3.95. The summed E-state index contributed by atoms with van der Waals surface area (Å²) in [5.41, 5.74) is 0.0703. The first-order valence-electron chi connectivity index (χ1n) is 8.23. The Bertz CT molecular complexity index is 993. The van der Waals surface area contributed by atoms with Crippen LogP contribution < -0.4 is 4.74 Å². The highest BCUT2D eigenvalue weighted by molar-refractivity contribution is 5.95. The van der Waals surface area contributed by atoms with Crippen LogP contribution in [0.5, 0.6) is 5.75 Å². The molecule has 0 atom stereocenters. The maximum absolute atomic E-state index is 13.5. The number of nitrogens with zero attached hydrogens (tertiary/aromatic N) is 5. The van der Waals surface area contributed by atoms with Gasteiger partial charge in [0.2, 0.25) is 0 Å². The molecule has 1 heterocycles. The van der Waals surface area contributed by atoms with Crippen molar-refractivity contribution < 1.29 is 18.8 Å². The predicted octanol–water partition coefficient (Wildman–Crippen LogP) is 2.47. The molecule has 0 radical (unpaired) electrons. The van der Waals surface area contributed by atoms with E-state index in [1.54, 1.807) is 12.1 Å². The lowest BCUT2D eigenvalue weighted by molar-refractivity contribution is -0.384. The summed E-state index contributed by atoms with van der Waals surface area (Å²) in [7, 11) is 1.53. The van der Waals surface area contributed by atoms with Crippen LogP contribution in [0, 0.1) is 15.9 Å². The fraction of sp³-hybridized carbons (Fsp3) is 0.167. The third-order valence-corrected chi connectivity index (χ3v) is 3.95. The SMILES string of the molecule is CN(CCOc1ccccc1F)C(=O)c1ccc(-n2cncn2)c([N+](=O)[O-])c1. The number of rotatable bonds is 7. The molecule has 0 aliphatic heterocycles. The lowest BCUT2D eigenvalue weighted by Gasteiger charge is -2.18. The second-order valence-electron chi connectivity index (χ2n) is 5.81. The number of nitro groups is 1. The fourth-order valence-electron chi connectivity index (χ4n) is 2.51. The van der Waals surface area contributed by atoms with Gasteiger partial charge in [0.1, 0.15) is 24.9 Å². The van der Waals surface area contributed by atoms with Gasteiger partial charge >= 0.3 is 0 Å². The monoisotopic (exact) mass is 385 g/mol. The topological polar surface area (TPSA) is 103 Å². The molecule has 0 N–H and O–H groups in total. The highest BCUT2D eigenvalue weighted by Gasteiger charge is 2.21. The maximum atomic E-state index is 13.5. The molecule has 9 nitrogen and oxygen atoms in total. The zero-order valence-corrected chi connectivity index (χ0v) is 14.9. The Morgan fingerprint density at radius 2 is 2.11 bits per heavy atom. The van der Waals surface area contributed by atoms with Gasteiger partial charge in [-0.15, -0.1) is 0 Å². The van der Waals surface area contributed by atoms with Crippen molar-refractivity contribution >= 4 is 11.6 Å². The number of carbonyl (C=O) groups excluding carboxylic acids is 1. The maximum Gasteiger partial charge on any atom is 0.295 e. The average Bonchev–Trinajstić information content (AvgIpc) is 3.23. The van der Waals surface area contributed by atoms with Gasteiger partial charge in [-0.2, -0.15) is 5.10 Å². The van der Waals surface area contributed by atoms with Crippen LogP contribution >= 0.6 is 0 Å². The highest BCUT2D eigenvalue weighted by Crippen LogP contribution is 2.24. The Hall–Kier alpha value is -3.82. The molecule has 28 heavy (non-hydrogen) atoms. The third kappa shape index (κ3) is 4.11. The van der Waals surface area contributed by atoms with Crippen LogP contribution in [-0.4, -0.2) is 50.7 Å². The molecular weight excluding hydrogens is 369 g/mol. The zero-order chi connectivity index (χ0) is 20.1.